The summed E-state index contributed by atoms with van der Waals surface area (Å²) in [6, 6.07) is 16.2. The average Bonchev–Trinajstić information content (AvgIpc) is 2.64. The largest absolute Gasteiger partial charge is 0.369 e. The molecule has 1 saturated heterocycles. The minimum Gasteiger partial charge on any atom is -0.369 e. The number of hydrogen-bond acceptors (Lipinski definition) is 3. The maximum Gasteiger partial charge on any atom is 0.228 e. The van der Waals surface area contributed by atoms with E-state index in [1.54, 1.807) is 0 Å². The standard InChI is InChI=1S/C21H27N3O/c1-3-23-12-14-24(15-13-23)20-10-8-19(9-11-20)22-21(25)16-18-7-5-4-6-17(18)2/h4-11H,3,12-16H2,1-2H3,(H,22,25). The minimum absolute atomic E-state index is 0.0265. The van der Waals surface area contributed by atoms with Gasteiger partial charge in [-0.25, -0.2) is 0 Å². The van der Waals surface area contributed by atoms with Crippen LogP contribution in [0.15, 0.2) is 48.5 Å². The van der Waals surface area contributed by atoms with Gasteiger partial charge in [0.1, 0.15) is 0 Å². The Labute approximate surface area is 150 Å². The van der Waals surface area contributed by atoms with Crippen LogP contribution in [0.25, 0.3) is 0 Å². The molecule has 132 valence electrons. The van der Waals surface area contributed by atoms with E-state index < -0.39 is 0 Å². The van der Waals surface area contributed by atoms with Gasteiger partial charge in [0.15, 0.2) is 0 Å². The Morgan fingerprint density at radius 1 is 1.00 bits per heavy atom. The van der Waals surface area contributed by atoms with E-state index in [0.29, 0.717) is 6.42 Å². The van der Waals surface area contributed by atoms with Crippen molar-refractivity contribution in [2.45, 2.75) is 20.3 Å². The molecule has 1 aliphatic rings. The Morgan fingerprint density at radius 2 is 1.68 bits per heavy atom. The number of hydrogen-bond donors (Lipinski definition) is 1. The number of piperazine rings is 1. The van der Waals surface area contributed by atoms with Gasteiger partial charge in [-0.2, -0.15) is 0 Å². The normalized spacial score (nSPS) is 15.2. The molecule has 0 saturated carbocycles. The molecule has 1 N–H and O–H groups in total. The van der Waals surface area contributed by atoms with E-state index in [9.17, 15) is 4.79 Å². The number of anilines is 2. The number of nitrogens with one attached hydrogen (secondary N) is 1. The van der Waals surface area contributed by atoms with Crippen LogP contribution in [0.5, 0.6) is 0 Å². The predicted octanol–water partition coefficient (Wildman–Crippen LogP) is 3.32. The molecule has 0 atom stereocenters. The van der Waals surface area contributed by atoms with Gasteiger partial charge >= 0.3 is 0 Å². The molecule has 0 spiro atoms. The second-order valence-electron chi connectivity index (χ2n) is 6.62. The van der Waals surface area contributed by atoms with E-state index in [0.717, 1.165) is 49.5 Å². The Hall–Kier alpha value is -2.33. The lowest BCUT2D eigenvalue weighted by molar-refractivity contribution is -0.115. The lowest BCUT2D eigenvalue weighted by atomic mass is 10.1. The number of benzene rings is 2. The van der Waals surface area contributed by atoms with Gasteiger partial charge in [-0.15, -0.1) is 0 Å². The van der Waals surface area contributed by atoms with Crippen LogP contribution in [0.3, 0.4) is 0 Å². The van der Waals surface area contributed by atoms with Crippen LogP contribution in [0.1, 0.15) is 18.1 Å². The van der Waals surface area contributed by atoms with Crippen molar-refractivity contribution in [3.63, 3.8) is 0 Å². The van der Waals surface area contributed by atoms with Crippen molar-refractivity contribution in [2.24, 2.45) is 0 Å². The number of amides is 1. The lowest BCUT2D eigenvalue weighted by Crippen LogP contribution is -2.46. The van der Waals surface area contributed by atoms with Crippen molar-refractivity contribution < 1.29 is 4.79 Å². The molecule has 1 heterocycles. The smallest absolute Gasteiger partial charge is 0.228 e. The zero-order valence-corrected chi connectivity index (χ0v) is 15.2. The maximum absolute atomic E-state index is 12.3. The van der Waals surface area contributed by atoms with E-state index in [1.807, 2.05) is 43.3 Å². The third kappa shape index (κ3) is 4.60. The summed E-state index contributed by atoms with van der Waals surface area (Å²) in [7, 11) is 0. The Kier molecular flexibility index (Phi) is 5.71. The van der Waals surface area contributed by atoms with Gasteiger partial charge in [0, 0.05) is 37.6 Å². The van der Waals surface area contributed by atoms with Crippen molar-refractivity contribution in [2.75, 3.05) is 42.9 Å². The Bertz CT molecular complexity index is 703. The molecule has 25 heavy (non-hydrogen) atoms. The highest BCUT2D eigenvalue weighted by Crippen LogP contribution is 2.20. The number of nitrogens with zero attached hydrogens (tertiary/aromatic N) is 2. The minimum atomic E-state index is 0.0265. The average molecular weight is 337 g/mol. The summed E-state index contributed by atoms with van der Waals surface area (Å²) in [4.78, 5) is 17.1. The quantitative estimate of drug-likeness (QED) is 0.909. The maximum atomic E-state index is 12.3. The molecule has 0 unspecified atom stereocenters. The van der Waals surface area contributed by atoms with Crippen molar-refractivity contribution in [3.05, 3.63) is 59.7 Å². The monoisotopic (exact) mass is 337 g/mol. The summed E-state index contributed by atoms with van der Waals surface area (Å²) in [6.45, 7) is 9.73. The highest BCUT2D eigenvalue weighted by atomic mass is 16.1. The molecule has 1 amide bonds. The molecule has 2 aromatic carbocycles. The SMILES string of the molecule is CCN1CCN(c2ccc(NC(=O)Cc3ccccc3C)cc2)CC1. The van der Waals surface area contributed by atoms with Crippen molar-refractivity contribution in [3.8, 4) is 0 Å². The number of likely N-dealkylation sites (N-methyl/N-ethyl adjacent to an activating group) is 1. The lowest BCUT2D eigenvalue weighted by Gasteiger charge is -2.35. The molecule has 0 aromatic heterocycles. The molecule has 1 fully saturated rings. The predicted molar refractivity (Wildman–Crippen MR) is 104 cm³/mol. The fraction of sp³-hybridized carbons (Fsp3) is 0.381. The number of aryl methyl sites for hydroxylation is 1. The van der Waals surface area contributed by atoms with Gasteiger partial charge in [-0.05, 0) is 48.9 Å². The van der Waals surface area contributed by atoms with Crippen molar-refractivity contribution >= 4 is 17.3 Å². The van der Waals surface area contributed by atoms with Crippen LogP contribution < -0.4 is 10.2 Å². The van der Waals surface area contributed by atoms with Crippen LogP contribution in [0, 0.1) is 6.92 Å². The van der Waals surface area contributed by atoms with Gasteiger partial charge in [-0.3, -0.25) is 4.79 Å². The molecule has 1 aliphatic heterocycles. The first kappa shape index (κ1) is 17.5. The number of rotatable bonds is 5. The Balaban J connectivity index is 1.56. The second kappa shape index (κ2) is 8.17. The van der Waals surface area contributed by atoms with Crippen LogP contribution in [0.2, 0.25) is 0 Å². The summed E-state index contributed by atoms with van der Waals surface area (Å²) < 4.78 is 0. The molecule has 0 aliphatic carbocycles. The van der Waals surface area contributed by atoms with E-state index >= 15 is 0 Å². The summed E-state index contributed by atoms with van der Waals surface area (Å²) in [6.07, 6.45) is 0.410. The Morgan fingerprint density at radius 3 is 2.32 bits per heavy atom. The first-order valence-electron chi connectivity index (χ1n) is 9.07. The topological polar surface area (TPSA) is 35.6 Å². The molecular formula is C21H27N3O. The van der Waals surface area contributed by atoms with Gasteiger partial charge in [0.25, 0.3) is 0 Å². The van der Waals surface area contributed by atoms with Crippen LogP contribution in [-0.4, -0.2) is 43.5 Å². The van der Waals surface area contributed by atoms with Gasteiger partial charge in [-0.1, -0.05) is 31.2 Å². The van der Waals surface area contributed by atoms with Gasteiger partial charge in [0.05, 0.1) is 6.42 Å². The van der Waals surface area contributed by atoms with Crippen LogP contribution >= 0.6 is 0 Å². The van der Waals surface area contributed by atoms with E-state index in [2.05, 4.69) is 34.2 Å². The third-order valence-electron chi connectivity index (χ3n) is 4.95. The van der Waals surface area contributed by atoms with Crippen molar-refractivity contribution in [1.29, 1.82) is 0 Å². The van der Waals surface area contributed by atoms with E-state index in [-0.39, 0.29) is 5.91 Å². The molecule has 2 aromatic rings. The van der Waals surface area contributed by atoms with Crippen LogP contribution in [0.4, 0.5) is 11.4 Å². The fourth-order valence-electron chi connectivity index (χ4n) is 3.26. The van der Waals surface area contributed by atoms with Crippen LogP contribution in [-0.2, 0) is 11.2 Å². The molecule has 0 bridgehead atoms. The summed E-state index contributed by atoms with van der Waals surface area (Å²) in [5, 5.41) is 3.00. The molecule has 4 heteroatoms. The number of carbonyl (C=O) groups excluding carboxylic acids is 1. The summed E-state index contributed by atoms with van der Waals surface area (Å²) >= 11 is 0. The third-order valence-corrected chi connectivity index (χ3v) is 4.95. The van der Waals surface area contributed by atoms with E-state index in [4.69, 9.17) is 0 Å². The van der Waals surface area contributed by atoms with Gasteiger partial charge < -0.3 is 15.1 Å². The molecule has 4 nitrogen and oxygen atoms in total. The fourth-order valence-corrected chi connectivity index (χ4v) is 3.26. The highest BCUT2D eigenvalue weighted by molar-refractivity contribution is 5.92. The molecule has 3 rings (SSSR count). The zero-order valence-electron chi connectivity index (χ0n) is 15.2. The highest BCUT2D eigenvalue weighted by Gasteiger charge is 2.15. The van der Waals surface area contributed by atoms with Gasteiger partial charge in [0.2, 0.25) is 5.91 Å². The first-order valence-corrected chi connectivity index (χ1v) is 9.07. The number of carbonyl (C=O) groups is 1. The zero-order chi connectivity index (χ0) is 17.6. The second-order valence-corrected chi connectivity index (χ2v) is 6.62. The first-order chi connectivity index (χ1) is 12.2. The van der Waals surface area contributed by atoms with Crippen molar-refractivity contribution in [1.82, 2.24) is 4.90 Å². The van der Waals surface area contributed by atoms with E-state index in [1.165, 1.54) is 5.69 Å². The summed E-state index contributed by atoms with van der Waals surface area (Å²) in [5.41, 5.74) is 4.31. The molecular weight excluding hydrogens is 310 g/mol. The summed E-state index contributed by atoms with van der Waals surface area (Å²) in [5.74, 6) is 0.0265. The molecule has 0 radical (unpaired) electrons.